The van der Waals surface area contributed by atoms with Crippen molar-refractivity contribution in [2.75, 3.05) is 17.2 Å². The monoisotopic (exact) mass is 465 g/mol. The topological polar surface area (TPSA) is 129 Å². The van der Waals surface area contributed by atoms with E-state index in [0.717, 1.165) is 30.2 Å². The Bertz CT molecular complexity index is 1410. The lowest BCUT2D eigenvalue weighted by molar-refractivity contribution is 0.0690. The smallest absolute Gasteiger partial charge is 0.354 e. The number of benzene rings is 1. The predicted octanol–water partition coefficient (Wildman–Crippen LogP) is 3.87. The van der Waals surface area contributed by atoms with Crippen molar-refractivity contribution < 1.29 is 14.6 Å². The lowest BCUT2D eigenvalue weighted by Gasteiger charge is -2.19. The number of hydrogen-bond acceptors (Lipinski definition) is 7. The first-order valence-corrected chi connectivity index (χ1v) is 10.9. The van der Waals surface area contributed by atoms with Crippen molar-refractivity contribution >= 4 is 45.5 Å². The Balaban J connectivity index is 1.64. The molecule has 3 heterocycles. The van der Waals surface area contributed by atoms with Gasteiger partial charge in [0, 0.05) is 30.6 Å². The zero-order valence-electron chi connectivity index (χ0n) is 17.7. The maximum Gasteiger partial charge on any atom is 0.354 e. The summed E-state index contributed by atoms with van der Waals surface area (Å²) in [6.07, 6.45) is 3.14. The quantitative estimate of drug-likeness (QED) is 0.495. The van der Waals surface area contributed by atoms with Gasteiger partial charge in [-0.3, -0.25) is 4.79 Å². The molecule has 0 bridgehead atoms. The Kier molecular flexibility index (Phi) is 5.10. The molecule has 1 aliphatic carbocycles. The van der Waals surface area contributed by atoms with Crippen LogP contribution < -0.4 is 20.9 Å². The molecule has 10 heteroatoms. The average molecular weight is 466 g/mol. The van der Waals surface area contributed by atoms with E-state index in [2.05, 4.69) is 15.6 Å². The third-order valence-electron chi connectivity index (χ3n) is 6.13. The number of fused-ring (bicyclic) bond motifs is 3. The van der Waals surface area contributed by atoms with Gasteiger partial charge in [-0.2, -0.15) is 5.26 Å². The number of nitriles is 1. The average Bonchev–Trinajstić information content (AvgIpc) is 3.63. The molecule has 0 radical (unpaired) electrons. The number of aryl methyl sites for hydroxylation is 1. The van der Waals surface area contributed by atoms with Crippen LogP contribution in [-0.2, 0) is 7.05 Å². The SMILES string of the molecule is Cn1c(=O)c2c(c3cc(Nc4cc(C(=O)O)nc(Cl)c4C#N)ccc31)N[C@@H](C1CC1)CCO2. The molecule has 1 atom stereocenters. The van der Waals surface area contributed by atoms with Crippen molar-refractivity contribution in [2.24, 2.45) is 13.0 Å². The summed E-state index contributed by atoms with van der Waals surface area (Å²) >= 11 is 6.04. The van der Waals surface area contributed by atoms with Gasteiger partial charge in [0.2, 0.25) is 5.75 Å². The normalized spacial score (nSPS) is 17.3. The summed E-state index contributed by atoms with van der Waals surface area (Å²) < 4.78 is 7.42. The number of anilines is 3. The second-order valence-corrected chi connectivity index (χ2v) is 8.65. The number of carboxylic acids is 1. The standard InChI is InChI=1S/C23H20ClN5O4/c1-29-18-5-4-12(26-16-9-17(23(31)32)28-21(24)14(16)10-25)8-13(18)19-20(22(29)30)33-7-6-15(27-19)11-2-3-11/h4-5,8-9,11,15,27H,2-3,6-7H2,1H3,(H,26,28)(H,31,32)/t15-/m1/s1. The molecule has 1 aromatic carbocycles. The van der Waals surface area contributed by atoms with Crippen molar-refractivity contribution in [3.05, 3.63) is 51.0 Å². The van der Waals surface area contributed by atoms with Gasteiger partial charge < -0.3 is 25.0 Å². The van der Waals surface area contributed by atoms with Gasteiger partial charge in [-0.15, -0.1) is 0 Å². The fraction of sp³-hybridized carbons (Fsp3) is 0.304. The van der Waals surface area contributed by atoms with E-state index in [1.54, 1.807) is 23.7 Å². The Morgan fingerprint density at radius 3 is 2.85 bits per heavy atom. The van der Waals surface area contributed by atoms with Crippen molar-refractivity contribution in [3.63, 3.8) is 0 Å². The molecule has 9 nitrogen and oxygen atoms in total. The first kappa shape index (κ1) is 21.1. The Morgan fingerprint density at radius 1 is 1.36 bits per heavy atom. The number of hydrogen-bond donors (Lipinski definition) is 3. The van der Waals surface area contributed by atoms with Gasteiger partial charge in [0.25, 0.3) is 5.56 Å². The molecule has 1 aliphatic heterocycles. The van der Waals surface area contributed by atoms with Crippen LogP contribution in [0.25, 0.3) is 10.9 Å². The minimum Gasteiger partial charge on any atom is -0.486 e. The molecule has 0 unspecified atom stereocenters. The molecule has 33 heavy (non-hydrogen) atoms. The number of nitrogens with zero attached hydrogens (tertiary/aromatic N) is 3. The zero-order valence-corrected chi connectivity index (χ0v) is 18.4. The molecule has 0 spiro atoms. The molecular formula is C23H20ClN5O4. The summed E-state index contributed by atoms with van der Waals surface area (Å²) in [4.78, 5) is 28.1. The molecule has 2 aliphatic rings. The molecule has 168 valence electrons. The van der Waals surface area contributed by atoms with Crippen molar-refractivity contribution in [3.8, 4) is 11.8 Å². The van der Waals surface area contributed by atoms with Gasteiger partial charge in [-0.05, 0) is 43.0 Å². The molecule has 5 rings (SSSR count). The maximum absolute atomic E-state index is 12.9. The van der Waals surface area contributed by atoms with E-state index in [4.69, 9.17) is 16.3 Å². The van der Waals surface area contributed by atoms with Gasteiger partial charge in [0.15, 0.2) is 5.69 Å². The Labute approximate surface area is 193 Å². The van der Waals surface area contributed by atoms with Crippen LogP contribution in [0.15, 0.2) is 29.1 Å². The maximum atomic E-state index is 12.9. The molecule has 1 fully saturated rings. The fourth-order valence-corrected chi connectivity index (χ4v) is 4.49. The third kappa shape index (κ3) is 3.72. The van der Waals surface area contributed by atoms with Gasteiger partial charge in [0.05, 0.1) is 23.5 Å². The number of pyridine rings is 2. The Hall–Kier alpha value is -3.77. The van der Waals surface area contributed by atoms with Crippen molar-refractivity contribution in [1.29, 1.82) is 5.26 Å². The largest absolute Gasteiger partial charge is 0.486 e. The second-order valence-electron chi connectivity index (χ2n) is 8.29. The van der Waals surface area contributed by atoms with Crippen LogP contribution in [0.3, 0.4) is 0 Å². The predicted molar refractivity (Wildman–Crippen MR) is 124 cm³/mol. The summed E-state index contributed by atoms with van der Waals surface area (Å²) in [5.41, 5.74) is 1.75. The van der Waals surface area contributed by atoms with E-state index in [-0.39, 0.29) is 33.7 Å². The van der Waals surface area contributed by atoms with Crippen LogP contribution in [0.2, 0.25) is 5.15 Å². The summed E-state index contributed by atoms with van der Waals surface area (Å²) in [6, 6.07) is 8.85. The molecule has 3 aromatic rings. The van der Waals surface area contributed by atoms with Crippen molar-refractivity contribution in [2.45, 2.75) is 25.3 Å². The molecule has 0 amide bonds. The molecular weight excluding hydrogens is 446 g/mol. The van der Waals surface area contributed by atoms with Crippen LogP contribution >= 0.6 is 11.6 Å². The van der Waals surface area contributed by atoms with Crippen LogP contribution in [0.1, 0.15) is 35.3 Å². The minimum absolute atomic E-state index is 0.0382. The number of rotatable bonds is 4. The van der Waals surface area contributed by atoms with E-state index in [9.17, 15) is 20.0 Å². The molecule has 2 aromatic heterocycles. The number of aromatic carboxylic acids is 1. The summed E-state index contributed by atoms with van der Waals surface area (Å²) in [5, 5.41) is 26.0. The molecule has 3 N–H and O–H groups in total. The first-order chi connectivity index (χ1) is 15.9. The van der Waals surface area contributed by atoms with Gasteiger partial charge in [-0.1, -0.05) is 11.6 Å². The molecule has 1 saturated carbocycles. The lowest BCUT2D eigenvalue weighted by Crippen LogP contribution is -2.23. The number of aromatic nitrogens is 2. The van der Waals surface area contributed by atoms with Crippen LogP contribution in [0.5, 0.6) is 5.75 Å². The summed E-state index contributed by atoms with van der Waals surface area (Å²) in [5.74, 6) is -0.384. The highest BCUT2D eigenvalue weighted by molar-refractivity contribution is 6.31. The number of carboxylic acid groups (broad SMARTS) is 1. The van der Waals surface area contributed by atoms with Gasteiger partial charge >= 0.3 is 5.97 Å². The van der Waals surface area contributed by atoms with Crippen molar-refractivity contribution in [1.82, 2.24) is 9.55 Å². The fourth-order valence-electron chi connectivity index (χ4n) is 4.26. The van der Waals surface area contributed by atoms with Crippen LogP contribution in [0.4, 0.5) is 17.1 Å². The first-order valence-electron chi connectivity index (χ1n) is 10.5. The number of nitrogens with one attached hydrogen (secondary N) is 2. The number of halogens is 1. The molecule has 0 saturated heterocycles. The summed E-state index contributed by atoms with van der Waals surface area (Å²) in [6.45, 7) is 0.471. The van der Waals surface area contributed by atoms with E-state index in [1.807, 2.05) is 12.1 Å². The highest BCUT2D eigenvalue weighted by Gasteiger charge is 2.34. The number of ether oxygens (including phenoxy) is 1. The van der Waals surface area contributed by atoms with E-state index in [0.29, 0.717) is 29.6 Å². The van der Waals surface area contributed by atoms with Crippen LogP contribution in [-0.4, -0.2) is 33.3 Å². The van der Waals surface area contributed by atoms with E-state index >= 15 is 0 Å². The zero-order chi connectivity index (χ0) is 23.3. The highest BCUT2D eigenvalue weighted by Crippen LogP contribution is 2.41. The van der Waals surface area contributed by atoms with E-state index in [1.165, 1.54) is 6.07 Å². The van der Waals surface area contributed by atoms with Gasteiger partial charge in [-0.25, -0.2) is 9.78 Å². The second kappa shape index (κ2) is 7.98. The van der Waals surface area contributed by atoms with Crippen LogP contribution in [0, 0.1) is 17.2 Å². The Morgan fingerprint density at radius 2 is 2.15 bits per heavy atom. The third-order valence-corrected chi connectivity index (χ3v) is 6.41. The highest BCUT2D eigenvalue weighted by atomic mass is 35.5. The lowest BCUT2D eigenvalue weighted by atomic mass is 10.1. The van der Waals surface area contributed by atoms with E-state index < -0.39 is 5.97 Å². The summed E-state index contributed by atoms with van der Waals surface area (Å²) in [7, 11) is 1.69. The number of carbonyl (C=O) groups is 1. The minimum atomic E-state index is -1.25. The van der Waals surface area contributed by atoms with Gasteiger partial charge in [0.1, 0.15) is 16.8 Å².